The van der Waals surface area contributed by atoms with Gasteiger partial charge in [0.15, 0.2) is 0 Å². The zero-order valence-electron chi connectivity index (χ0n) is 11.7. The van der Waals surface area contributed by atoms with E-state index in [2.05, 4.69) is 0 Å². The lowest BCUT2D eigenvalue weighted by Crippen LogP contribution is -2.41. The minimum Gasteiger partial charge on any atom is -0.399 e. The molecule has 7 heteroatoms. The number of halogens is 3. The first-order valence-corrected chi connectivity index (χ1v) is 7.03. The van der Waals surface area contributed by atoms with Gasteiger partial charge in [-0.15, -0.1) is 0 Å². The lowest BCUT2D eigenvalue weighted by atomic mass is 9.79. The Kier molecular flexibility index (Phi) is 3.90. The second-order valence-electron chi connectivity index (χ2n) is 5.71. The van der Waals surface area contributed by atoms with Crippen molar-refractivity contribution in [2.24, 2.45) is 0 Å². The largest absolute Gasteiger partial charge is 0.494 e. The van der Waals surface area contributed by atoms with Crippen LogP contribution in [0.5, 0.6) is 0 Å². The molecule has 0 N–H and O–H groups in total. The molecule has 2 rings (SSSR count). The van der Waals surface area contributed by atoms with Gasteiger partial charge in [-0.3, -0.25) is 0 Å². The molecule has 110 valence electrons. The number of hydrogen-bond donors (Lipinski definition) is 0. The first-order chi connectivity index (χ1) is 9.00. The van der Waals surface area contributed by atoms with Crippen molar-refractivity contribution in [2.45, 2.75) is 49.3 Å². The van der Waals surface area contributed by atoms with Gasteiger partial charge >= 0.3 is 12.6 Å². The molecule has 1 aliphatic heterocycles. The van der Waals surface area contributed by atoms with E-state index in [4.69, 9.17) is 9.31 Å². The normalized spacial score (nSPS) is 21.2. The Bertz CT molecular complexity index is 487. The Morgan fingerprint density at radius 1 is 1.05 bits per heavy atom. The smallest absolute Gasteiger partial charge is 0.399 e. The average molecular weight is 304 g/mol. The third-order valence-corrected chi connectivity index (χ3v) is 4.34. The van der Waals surface area contributed by atoms with Crippen LogP contribution in [0, 0.1) is 0 Å². The Hall–Kier alpha value is -0.655. The summed E-state index contributed by atoms with van der Waals surface area (Å²) in [5, 5.41) is 0. The van der Waals surface area contributed by atoms with Crippen molar-refractivity contribution >= 4 is 24.3 Å². The van der Waals surface area contributed by atoms with E-state index < -0.39 is 23.8 Å². The minimum absolute atomic E-state index is 0.129. The lowest BCUT2D eigenvalue weighted by molar-refractivity contribution is -0.0328. The molecular weight excluding hydrogens is 288 g/mol. The maximum atomic E-state index is 12.4. The Labute approximate surface area is 121 Å². The molecule has 1 fully saturated rings. The van der Waals surface area contributed by atoms with Gasteiger partial charge in [0.05, 0.1) is 11.2 Å². The van der Waals surface area contributed by atoms with Crippen molar-refractivity contribution in [3.63, 3.8) is 0 Å². The van der Waals surface area contributed by atoms with Crippen LogP contribution in [0.15, 0.2) is 29.2 Å². The van der Waals surface area contributed by atoms with Crippen molar-refractivity contribution in [3.05, 3.63) is 24.3 Å². The third-order valence-electron chi connectivity index (χ3n) is 3.62. The number of alkyl halides is 3. The summed E-state index contributed by atoms with van der Waals surface area (Å²) in [6, 6.07) is 6.17. The van der Waals surface area contributed by atoms with Crippen LogP contribution in [-0.4, -0.2) is 23.8 Å². The first kappa shape index (κ1) is 15.7. The molecule has 0 aromatic heterocycles. The molecule has 0 spiro atoms. The van der Waals surface area contributed by atoms with Gasteiger partial charge in [0.25, 0.3) is 0 Å². The van der Waals surface area contributed by atoms with Crippen LogP contribution in [0.25, 0.3) is 0 Å². The van der Waals surface area contributed by atoms with Crippen LogP contribution < -0.4 is 5.46 Å². The Morgan fingerprint density at radius 2 is 1.60 bits per heavy atom. The molecule has 20 heavy (non-hydrogen) atoms. The van der Waals surface area contributed by atoms with E-state index in [0.717, 1.165) is 0 Å². The second-order valence-corrected chi connectivity index (χ2v) is 6.85. The number of benzene rings is 1. The Morgan fingerprint density at radius 3 is 2.10 bits per heavy atom. The van der Waals surface area contributed by atoms with E-state index in [-0.39, 0.29) is 16.7 Å². The summed E-state index contributed by atoms with van der Waals surface area (Å²) in [5.41, 5.74) is -4.72. The predicted octanol–water partition coefficient (Wildman–Crippen LogP) is 3.60. The monoisotopic (exact) mass is 304 g/mol. The van der Waals surface area contributed by atoms with E-state index in [0.29, 0.717) is 5.46 Å². The van der Waals surface area contributed by atoms with Crippen molar-refractivity contribution in [1.82, 2.24) is 0 Å². The predicted molar refractivity (Wildman–Crippen MR) is 74.1 cm³/mol. The summed E-state index contributed by atoms with van der Waals surface area (Å²) in [6.45, 7) is 7.62. The topological polar surface area (TPSA) is 18.5 Å². The van der Waals surface area contributed by atoms with Gasteiger partial charge in [0.1, 0.15) is 0 Å². The highest BCUT2D eigenvalue weighted by Gasteiger charge is 2.51. The molecule has 1 aromatic carbocycles. The summed E-state index contributed by atoms with van der Waals surface area (Å²) in [5.74, 6) is 0. The van der Waals surface area contributed by atoms with Gasteiger partial charge in [-0.1, -0.05) is 12.1 Å². The van der Waals surface area contributed by atoms with Crippen LogP contribution >= 0.6 is 11.8 Å². The molecule has 0 unspecified atom stereocenters. The molecule has 1 saturated heterocycles. The van der Waals surface area contributed by atoms with Gasteiger partial charge in [-0.2, -0.15) is 13.2 Å². The third kappa shape index (κ3) is 3.32. The van der Waals surface area contributed by atoms with Gasteiger partial charge in [0, 0.05) is 4.90 Å². The molecule has 0 saturated carbocycles. The summed E-state index contributed by atoms with van der Waals surface area (Å²) < 4.78 is 48.8. The number of rotatable bonds is 2. The second kappa shape index (κ2) is 4.96. The highest BCUT2D eigenvalue weighted by Crippen LogP contribution is 2.38. The summed E-state index contributed by atoms with van der Waals surface area (Å²) in [6.07, 6.45) is 0. The van der Waals surface area contributed by atoms with E-state index in [9.17, 15) is 13.2 Å². The van der Waals surface area contributed by atoms with Crippen LogP contribution in [0.1, 0.15) is 27.7 Å². The van der Waals surface area contributed by atoms with Crippen molar-refractivity contribution in [1.29, 1.82) is 0 Å². The van der Waals surface area contributed by atoms with Gasteiger partial charge < -0.3 is 9.31 Å². The molecule has 0 amide bonds. The molecule has 2 nitrogen and oxygen atoms in total. The first-order valence-electron chi connectivity index (χ1n) is 6.21. The fourth-order valence-electron chi connectivity index (χ4n) is 1.84. The van der Waals surface area contributed by atoms with Gasteiger partial charge in [-0.05, 0) is 57.1 Å². The van der Waals surface area contributed by atoms with E-state index >= 15 is 0 Å². The van der Waals surface area contributed by atoms with Crippen LogP contribution in [-0.2, 0) is 9.31 Å². The molecule has 0 aliphatic carbocycles. The standard InChI is InChI=1S/C13H16BF3O2S/c1-11(2)12(3,4)19-14(18-11)9-6-5-7-10(8-9)20-13(15,16)17/h5-8H,1-4H3. The minimum atomic E-state index is -4.30. The van der Waals surface area contributed by atoms with E-state index in [1.807, 2.05) is 27.7 Å². The van der Waals surface area contributed by atoms with Crippen LogP contribution in [0.2, 0.25) is 0 Å². The lowest BCUT2D eigenvalue weighted by Gasteiger charge is -2.32. The highest BCUT2D eigenvalue weighted by atomic mass is 32.2. The molecule has 1 aliphatic rings. The molecule has 0 atom stereocenters. The van der Waals surface area contributed by atoms with Crippen LogP contribution in [0.3, 0.4) is 0 Å². The number of thioether (sulfide) groups is 1. The zero-order chi connectivity index (χ0) is 15.2. The van der Waals surface area contributed by atoms with E-state index in [1.54, 1.807) is 12.1 Å². The van der Waals surface area contributed by atoms with Crippen LogP contribution in [0.4, 0.5) is 13.2 Å². The maximum absolute atomic E-state index is 12.4. The van der Waals surface area contributed by atoms with Crippen molar-refractivity contribution in [2.75, 3.05) is 0 Å². The number of hydrogen-bond acceptors (Lipinski definition) is 3. The SMILES string of the molecule is CC1(C)OB(c2cccc(SC(F)(F)F)c2)OC1(C)C. The Balaban J connectivity index is 2.21. The molecule has 1 aromatic rings. The van der Waals surface area contributed by atoms with Gasteiger partial charge in [-0.25, -0.2) is 0 Å². The van der Waals surface area contributed by atoms with Crippen molar-refractivity contribution < 1.29 is 22.5 Å². The van der Waals surface area contributed by atoms with Crippen molar-refractivity contribution in [3.8, 4) is 0 Å². The quantitative estimate of drug-likeness (QED) is 0.614. The summed E-state index contributed by atoms with van der Waals surface area (Å²) >= 11 is -0.138. The highest BCUT2D eigenvalue weighted by molar-refractivity contribution is 8.00. The van der Waals surface area contributed by atoms with Gasteiger partial charge in [0.2, 0.25) is 0 Å². The average Bonchev–Trinajstić information content (AvgIpc) is 2.46. The molecule has 0 radical (unpaired) electrons. The molecule has 1 heterocycles. The fourth-order valence-corrected chi connectivity index (χ4v) is 2.45. The molecular formula is C13H16BF3O2S. The van der Waals surface area contributed by atoms with E-state index in [1.165, 1.54) is 12.1 Å². The summed E-state index contributed by atoms with van der Waals surface area (Å²) in [7, 11) is -0.645. The molecule has 0 bridgehead atoms. The summed E-state index contributed by atoms with van der Waals surface area (Å²) in [4.78, 5) is 0.129. The fraction of sp³-hybridized carbons (Fsp3) is 0.538. The maximum Gasteiger partial charge on any atom is 0.494 e. The zero-order valence-corrected chi connectivity index (χ0v) is 12.6.